The molecule has 2 aromatic heterocycles. The number of H-pyrrole nitrogens is 1. The van der Waals surface area contributed by atoms with Gasteiger partial charge in [-0.3, -0.25) is 9.69 Å². The third kappa shape index (κ3) is 4.26. The van der Waals surface area contributed by atoms with Crippen LogP contribution in [0.4, 0.5) is 0 Å². The Morgan fingerprint density at radius 3 is 2.85 bits per heavy atom. The van der Waals surface area contributed by atoms with Gasteiger partial charge in [0.25, 0.3) is 0 Å². The zero-order valence-corrected chi connectivity index (χ0v) is 15.7. The molecule has 1 aliphatic rings. The Bertz CT molecular complexity index is 887. The van der Waals surface area contributed by atoms with Crippen LogP contribution in [0.25, 0.3) is 11.3 Å². The van der Waals surface area contributed by atoms with Gasteiger partial charge in [0.2, 0.25) is 5.91 Å². The molecule has 1 amide bonds. The lowest BCUT2D eigenvalue weighted by Crippen LogP contribution is -2.36. The molecule has 0 saturated carbocycles. The second kappa shape index (κ2) is 8.03. The fourth-order valence-electron chi connectivity index (χ4n) is 3.59. The van der Waals surface area contributed by atoms with E-state index in [2.05, 4.69) is 21.3 Å². The molecule has 1 unspecified atom stereocenters. The molecule has 0 radical (unpaired) electrons. The van der Waals surface area contributed by atoms with Crippen LogP contribution >= 0.6 is 11.6 Å². The van der Waals surface area contributed by atoms with Crippen LogP contribution in [0.3, 0.4) is 0 Å². The number of benzene rings is 1. The SMILES string of the molecule is O=C(CN1CCCC1c1ccc[nH]1)NCc1ccc(-c2ccc(Cl)cc2)o1. The van der Waals surface area contributed by atoms with E-state index in [1.165, 1.54) is 5.69 Å². The second-order valence-electron chi connectivity index (χ2n) is 6.80. The number of nitrogens with zero attached hydrogens (tertiary/aromatic N) is 1. The largest absolute Gasteiger partial charge is 0.459 e. The fraction of sp³-hybridized carbons (Fsp3) is 0.286. The summed E-state index contributed by atoms with van der Waals surface area (Å²) in [6, 6.07) is 15.7. The fourth-order valence-corrected chi connectivity index (χ4v) is 3.71. The van der Waals surface area contributed by atoms with Gasteiger partial charge in [-0.05, 0) is 67.9 Å². The molecule has 27 heavy (non-hydrogen) atoms. The molecule has 3 aromatic rings. The van der Waals surface area contributed by atoms with E-state index < -0.39 is 0 Å². The number of nitrogens with one attached hydrogen (secondary N) is 2. The lowest BCUT2D eigenvalue weighted by Gasteiger charge is -2.22. The maximum Gasteiger partial charge on any atom is 0.234 e. The first kappa shape index (κ1) is 17.9. The van der Waals surface area contributed by atoms with Gasteiger partial charge in [0.15, 0.2) is 0 Å². The number of rotatable bonds is 6. The summed E-state index contributed by atoms with van der Waals surface area (Å²) in [4.78, 5) is 17.9. The van der Waals surface area contributed by atoms with Gasteiger partial charge >= 0.3 is 0 Å². The molecular formula is C21H22ClN3O2. The first-order chi connectivity index (χ1) is 13.2. The molecule has 1 atom stereocenters. The van der Waals surface area contributed by atoms with Crippen LogP contribution in [0.2, 0.25) is 5.02 Å². The van der Waals surface area contributed by atoms with Crippen LogP contribution in [0.15, 0.2) is 59.1 Å². The standard InChI is InChI=1S/C21H22ClN3O2/c22-16-7-5-15(6-8-16)20-10-9-17(27-20)13-24-21(26)14-25-12-2-4-19(25)18-3-1-11-23-18/h1,3,5-11,19,23H,2,4,12-14H2,(H,24,26). The van der Waals surface area contributed by atoms with E-state index in [0.29, 0.717) is 24.2 Å². The smallest absolute Gasteiger partial charge is 0.234 e. The third-order valence-corrected chi connectivity index (χ3v) is 5.19. The number of halogens is 1. The monoisotopic (exact) mass is 383 g/mol. The first-order valence-electron chi connectivity index (χ1n) is 9.18. The molecule has 0 bridgehead atoms. The van der Waals surface area contributed by atoms with Gasteiger partial charge in [-0.25, -0.2) is 0 Å². The number of likely N-dealkylation sites (tertiary alicyclic amines) is 1. The van der Waals surface area contributed by atoms with Gasteiger partial charge in [0, 0.05) is 22.5 Å². The number of carbonyl (C=O) groups is 1. The van der Waals surface area contributed by atoms with Crippen molar-refractivity contribution in [3.8, 4) is 11.3 Å². The summed E-state index contributed by atoms with van der Waals surface area (Å²) in [6.45, 7) is 1.72. The maximum absolute atomic E-state index is 12.4. The average molecular weight is 384 g/mol. The highest BCUT2D eigenvalue weighted by molar-refractivity contribution is 6.30. The number of hydrogen-bond donors (Lipinski definition) is 2. The zero-order valence-electron chi connectivity index (χ0n) is 15.0. The summed E-state index contributed by atoms with van der Waals surface area (Å²) in [5, 5.41) is 3.65. The minimum absolute atomic E-state index is 0.0119. The number of aromatic amines is 1. The third-order valence-electron chi connectivity index (χ3n) is 4.94. The van der Waals surface area contributed by atoms with Gasteiger partial charge < -0.3 is 14.7 Å². The Labute approximate surface area is 163 Å². The van der Waals surface area contributed by atoms with E-state index in [1.807, 2.05) is 48.7 Å². The topological polar surface area (TPSA) is 61.3 Å². The van der Waals surface area contributed by atoms with Crippen LogP contribution < -0.4 is 5.32 Å². The molecule has 1 fully saturated rings. The van der Waals surface area contributed by atoms with Crippen LogP contribution in [-0.4, -0.2) is 28.9 Å². The highest BCUT2D eigenvalue weighted by Crippen LogP contribution is 2.30. The Kier molecular flexibility index (Phi) is 5.32. The average Bonchev–Trinajstić information content (AvgIpc) is 3.42. The predicted molar refractivity (Wildman–Crippen MR) is 105 cm³/mol. The number of carbonyl (C=O) groups excluding carboxylic acids is 1. The van der Waals surface area contributed by atoms with Gasteiger partial charge in [0.1, 0.15) is 11.5 Å². The van der Waals surface area contributed by atoms with Crippen molar-refractivity contribution < 1.29 is 9.21 Å². The Morgan fingerprint density at radius 1 is 1.22 bits per heavy atom. The predicted octanol–water partition coefficient (Wildman–Crippen LogP) is 4.38. The number of aromatic nitrogens is 1. The molecule has 0 spiro atoms. The first-order valence-corrected chi connectivity index (χ1v) is 9.55. The summed E-state index contributed by atoms with van der Waals surface area (Å²) >= 11 is 5.92. The Morgan fingerprint density at radius 2 is 2.07 bits per heavy atom. The minimum atomic E-state index is 0.0119. The van der Waals surface area contributed by atoms with Gasteiger partial charge in [-0.2, -0.15) is 0 Å². The van der Waals surface area contributed by atoms with Crippen molar-refractivity contribution in [3.05, 3.63) is 71.2 Å². The molecule has 1 aliphatic heterocycles. The molecule has 0 aliphatic carbocycles. The lowest BCUT2D eigenvalue weighted by molar-refractivity contribution is -0.122. The summed E-state index contributed by atoms with van der Waals surface area (Å²) < 4.78 is 5.83. The molecule has 1 aromatic carbocycles. The van der Waals surface area contributed by atoms with E-state index >= 15 is 0 Å². The van der Waals surface area contributed by atoms with Crippen molar-refractivity contribution >= 4 is 17.5 Å². The van der Waals surface area contributed by atoms with Gasteiger partial charge in [-0.1, -0.05) is 11.6 Å². The number of furan rings is 1. The van der Waals surface area contributed by atoms with Crippen molar-refractivity contribution in [2.45, 2.75) is 25.4 Å². The second-order valence-corrected chi connectivity index (χ2v) is 7.24. The van der Waals surface area contributed by atoms with Crippen LogP contribution in [0, 0.1) is 0 Å². The molecule has 140 valence electrons. The van der Waals surface area contributed by atoms with E-state index in [4.69, 9.17) is 16.0 Å². The van der Waals surface area contributed by atoms with E-state index in [-0.39, 0.29) is 5.91 Å². The lowest BCUT2D eigenvalue weighted by atomic mass is 10.1. The number of hydrogen-bond acceptors (Lipinski definition) is 3. The van der Waals surface area contributed by atoms with Gasteiger partial charge in [0.05, 0.1) is 19.1 Å². The van der Waals surface area contributed by atoms with E-state index in [9.17, 15) is 4.79 Å². The maximum atomic E-state index is 12.4. The summed E-state index contributed by atoms with van der Waals surface area (Å²) in [5.41, 5.74) is 2.14. The van der Waals surface area contributed by atoms with Crippen LogP contribution in [0.1, 0.15) is 30.3 Å². The van der Waals surface area contributed by atoms with Crippen molar-refractivity contribution in [1.29, 1.82) is 0 Å². The minimum Gasteiger partial charge on any atom is -0.459 e. The Hall–Kier alpha value is -2.50. The summed E-state index contributed by atoms with van der Waals surface area (Å²) in [6.07, 6.45) is 4.12. The molecule has 6 heteroatoms. The normalized spacial score (nSPS) is 17.3. The molecular weight excluding hydrogens is 362 g/mol. The van der Waals surface area contributed by atoms with Crippen molar-refractivity contribution in [2.75, 3.05) is 13.1 Å². The highest BCUT2D eigenvalue weighted by atomic mass is 35.5. The quantitative estimate of drug-likeness (QED) is 0.664. The molecule has 3 heterocycles. The zero-order chi connectivity index (χ0) is 18.6. The summed E-state index contributed by atoms with van der Waals surface area (Å²) in [7, 11) is 0. The molecule has 4 rings (SSSR count). The highest BCUT2D eigenvalue weighted by Gasteiger charge is 2.28. The number of amides is 1. The Balaban J connectivity index is 1.31. The van der Waals surface area contributed by atoms with Crippen molar-refractivity contribution in [1.82, 2.24) is 15.2 Å². The van der Waals surface area contributed by atoms with Crippen LogP contribution in [0.5, 0.6) is 0 Å². The molecule has 5 nitrogen and oxygen atoms in total. The van der Waals surface area contributed by atoms with E-state index in [0.717, 1.165) is 36.5 Å². The molecule has 1 saturated heterocycles. The van der Waals surface area contributed by atoms with Gasteiger partial charge in [-0.15, -0.1) is 0 Å². The van der Waals surface area contributed by atoms with Crippen molar-refractivity contribution in [3.63, 3.8) is 0 Å². The van der Waals surface area contributed by atoms with Crippen LogP contribution in [-0.2, 0) is 11.3 Å². The van der Waals surface area contributed by atoms with Crippen molar-refractivity contribution in [2.24, 2.45) is 0 Å². The summed E-state index contributed by atoms with van der Waals surface area (Å²) in [5.74, 6) is 1.51. The molecule has 2 N–H and O–H groups in total. The van der Waals surface area contributed by atoms with E-state index in [1.54, 1.807) is 0 Å².